The van der Waals surface area contributed by atoms with Gasteiger partial charge in [-0.2, -0.15) is 0 Å². The van der Waals surface area contributed by atoms with Crippen molar-refractivity contribution >= 4 is 22.7 Å². The maximum atomic E-state index is 12.9. The number of nitrogens with zero attached hydrogens (tertiary/aromatic N) is 4. The molecule has 1 aliphatic rings. The van der Waals surface area contributed by atoms with Crippen LogP contribution in [0.25, 0.3) is 22.4 Å². The molecule has 0 bridgehead atoms. The number of benzene rings is 1. The number of aromatic nitrogens is 2. The minimum atomic E-state index is -0.118. The molecule has 5 rings (SSSR count). The van der Waals surface area contributed by atoms with E-state index in [0.717, 1.165) is 11.2 Å². The van der Waals surface area contributed by atoms with Crippen LogP contribution in [0.2, 0.25) is 0 Å². The second kappa shape index (κ2) is 7.55. The summed E-state index contributed by atoms with van der Waals surface area (Å²) in [6.07, 6.45) is 1.61. The Bertz CT molecular complexity index is 1160. The molecule has 8 nitrogen and oxygen atoms in total. The van der Waals surface area contributed by atoms with Crippen molar-refractivity contribution in [3.8, 4) is 17.2 Å². The van der Waals surface area contributed by atoms with Crippen molar-refractivity contribution in [2.45, 2.75) is 0 Å². The van der Waals surface area contributed by atoms with Crippen molar-refractivity contribution in [3.63, 3.8) is 0 Å². The van der Waals surface area contributed by atoms with Gasteiger partial charge in [0.2, 0.25) is 0 Å². The average molecular weight is 404 g/mol. The van der Waals surface area contributed by atoms with Crippen LogP contribution in [0.1, 0.15) is 10.6 Å². The maximum Gasteiger partial charge on any atom is 0.289 e. The molecular formula is C22H20N4O4. The molecule has 0 N–H and O–H groups in total. The number of para-hydroxylation sites is 1. The number of hydrogen-bond acceptors (Lipinski definition) is 7. The Balaban J connectivity index is 1.26. The lowest BCUT2D eigenvalue weighted by atomic mass is 10.2. The smallest absolute Gasteiger partial charge is 0.289 e. The lowest BCUT2D eigenvalue weighted by Gasteiger charge is -2.34. The molecule has 1 fully saturated rings. The highest BCUT2D eigenvalue weighted by atomic mass is 16.5. The molecule has 4 aromatic rings. The lowest BCUT2D eigenvalue weighted by Crippen LogP contribution is -2.49. The van der Waals surface area contributed by atoms with E-state index in [9.17, 15) is 4.79 Å². The minimum Gasteiger partial charge on any atom is -0.493 e. The van der Waals surface area contributed by atoms with Crippen molar-refractivity contribution in [3.05, 3.63) is 60.6 Å². The summed E-state index contributed by atoms with van der Waals surface area (Å²) in [6.45, 7) is 2.50. The summed E-state index contributed by atoms with van der Waals surface area (Å²) >= 11 is 0. The lowest BCUT2D eigenvalue weighted by molar-refractivity contribution is 0.0716. The van der Waals surface area contributed by atoms with E-state index in [0.29, 0.717) is 54.7 Å². The van der Waals surface area contributed by atoms with Gasteiger partial charge >= 0.3 is 0 Å². The Labute approximate surface area is 172 Å². The van der Waals surface area contributed by atoms with Crippen LogP contribution < -0.4 is 9.64 Å². The van der Waals surface area contributed by atoms with Crippen LogP contribution >= 0.6 is 0 Å². The van der Waals surface area contributed by atoms with Crippen molar-refractivity contribution in [2.75, 3.05) is 38.2 Å². The van der Waals surface area contributed by atoms with Gasteiger partial charge in [0.25, 0.3) is 5.91 Å². The standard InChI is InChI=1S/C22H20N4O4/c1-28-18-5-2-4-15-14-19(30-21(15)18)22(27)26-11-9-25(10-12-26)20-8-7-16(23-24-20)17-6-3-13-29-17/h2-8,13-14H,9-12H2,1H3. The fourth-order valence-electron chi connectivity index (χ4n) is 3.65. The van der Waals surface area contributed by atoms with E-state index < -0.39 is 0 Å². The van der Waals surface area contributed by atoms with Crippen molar-refractivity contribution < 1.29 is 18.4 Å². The Kier molecular flexibility index (Phi) is 4.59. The first-order valence-corrected chi connectivity index (χ1v) is 9.71. The summed E-state index contributed by atoms with van der Waals surface area (Å²) in [4.78, 5) is 16.8. The molecule has 4 heterocycles. The third-order valence-electron chi connectivity index (χ3n) is 5.25. The van der Waals surface area contributed by atoms with Gasteiger partial charge in [-0.25, -0.2) is 0 Å². The highest BCUT2D eigenvalue weighted by Crippen LogP contribution is 2.29. The molecule has 1 amide bonds. The van der Waals surface area contributed by atoms with E-state index in [4.69, 9.17) is 13.6 Å². The molecule has 0 unspecified atom stereocenters. The minimum absolute atomic E-state index is 0.118. The molecule has 0 aliphatic carbocycles. The number of carbonyl (C=O) groups excluding carboxylic acids is 1. The maximum absolute atomic E-state index is 12.9. The van der Waals surface area contributed by atoms with Crippen LogP contribution in [0, 0.1) is 0 Å². The summed E-state index contributed by atoms with van der Waals surface area (Å²) in [6, 6.07) is 14.8. The number of methoxy groups -OCH3 is 1. The van der Waals surface area contributed by atoms with E-state index in [2.05, 4.69) is 15.1 Å². The van der Waals surface area contributed by atoms with Crippen molar-refractivity contribution in [1.82, 2.24) is 15.1 Å². The quantitative estimate of drug-likeness (QED) is 0.515. The van der Waals surface area contributed by atoms with Gasteiger partial charge in [-0.05, 0) is 36.4 Å². The van der Waals surface area contributed by atoms with E-state index in [1.165, 1.54) is 0 Å². The molecule has 1 saturated heterocycles. The molecule has 3 aromatic heterocycles. The highest BCUT2D eigenvalue weighted by Gasteiger charge is 2.26. The third kappa shape index (κ3) is 3.26. The fourth-order valence-corrected chi connectivity index (χ4v) is 3.65. The molecule has 0 radical (unpaired) electrons. The number of amides is 1. The number of rotatable bonds is 4. The Hall–Kier alpha value is -3.81. The van der Waals surface area contributed by atoms with Gasteiger partial charge in [-0.1, -0.05) is 12.1 Å². The predicted octanol–water partition coefficient (Wildman–Crippen LogP) is 3.45. The first-order valence-electron chi connectivity index (χ1n) is 9.71. The van der Waals surface area contributed by atoms with E-state index in [1.807, 2.05) is 42.5 Å². The predicted molar refractivity (Wildman–Crippen MR) is 111 cm³/mol. The van der Waals surface area contributed by atoms with E-state index >= 15 is 0 Å². The number of ether oxygens (including phenoxy) is 1. The third-order valence-corrected chi connectivity index (χ3v) is 5.25. The van der Waals surface area contributed by atoms with Crippen LogP contribution in [0.15, 0.2) is 63.6 Å². The number of piperazine rings is 1. The molecule has 152 valence electrons. The topological polar surface area (TPSA) is 84.8 Å². The van der Waals surface area contributed by atoms with E-state index in [1.54, 1.807) is 24.3 Å². The van der Waals surface area contributed by atoms with Gasteiger partial charge in [0.15, 0.2) is 28.7 Å². The van der Waals surface area contributed by atoms with Gasteiger partial charge in [0.1, 0.15) is 5.69 Å². The molecule has 1 aromatic carbocycles. The number of fused-ring (bicyclic) bond motifs is 1. The summed E-state index contributed by atoms with van der Waals surface area (Å²) in [5.74, 6) is 2.29. The van der Waals surface area contributed by atoms with Crippen LogP contribution in [-0.4, -0.2) is 54.3 Å². The van der Waals surface area contributed by atoms with Gasteiger partial charge in [0, 0.05) is 31.6 Å². The van der Waals surface area contributed by atoms with Gasteiger partial charge in [-0.15, -0.1) is 10.2 Å². The second-order valence-electron chi connectivity index (χ2n) is 7.02. The molecule has 0 spiro atoms. The Morgan fingerprint density at radius 2 is 1.90 bits per heavy atom. The summed E-state index contributed by atoms with van der Waals surface area (Å²) in [5, 5.41) is 9.41. The van der Waals surface area contributed by atoms with Crippen LogP contribution in [-0.2, 0) is 0 Å². The largest absolute Gasteiger partial charge is 0.493 e. The number of hydrogen-bond donors (Lipinski definition) is 0. The first kappa shape index (κ1) is 18.2. The average Bonchev–Trinajstić information content (AvgIpc) is 3.49. The second-order valence-corrected chi connectivity index (χ2v) is 7.02. The highest BCUT2D eigenvalue weighted by molar-refractivity contribution is 5.97. The number of anilines is 1. The zero-order valence-electron chi connectivity index (χ0n) is 16.4. The Morgan fingerprint density at radius 1 is 1.03 bits per heavy atom. The van der Waals surface area contributed by atoms with Crippen molar-refractivity contribution in [2.24, 2.45) is 0 Å². The number of furan rings is 2. The van der Waals surface area contributed by atoms with Crippen LogP contribution in [0.3, 0.4) is 0 Å². The molecular weight excluding hydrogens is 384 g/mol. The summed E-state index contributed by atoms with van der Waals surface area (Å²) < 4.78 is 16.5. The van der Waals surface area contributed by atoms with Crippen LogP contribution in [0.5, 0.6) is 5.75 Å². The molecule has 0 saturated carbocycles. The summed E-state index contributed by atoms with van der Waals surface area (Å²) in [5.41, 5.74) is 1.28. The normalized spacial score (nSPS) is 14.3. The first-order chi connectivity index (χ1) is 14.7. The van der Waals surface area contributed by atoms with Gasteiger partial charge in [0.05, 0.1) is 13.4 Å². The van der Waals surface area contributed by atoms with Crippen LogP contribution in [0.4, 0.5) is 5.82 Å². The molecule has 8 heteroatoms. The number of carbonyl (C=O) groups is 1. The monoisotopic (exact) mass is 404 g/mol. The zero-order valence-corrected chi connectivity index (χ0v) is 16.4. The van der Waals surface area contributed by atoms with Gasteiger partial charge < -0.3 is 23.4 Å². The SMILES string of the molecule is COc1cccc2cc(C(=O)N3CCN(c4ccc(-c5ccco5)nn4)CC3)oc12. The molecule has 0 atom stereocenters. The molecule has 1 aliphatic heterocycles. The summed E-state index contributed by atoms with van der Waals surface area (Å²) in [7, 11) is 1.59. The fraction of sp³-hybridized carbons (Fsp3) is 0.227. The van der Waals surface area contributed by atoms with Gasteiger partial charge in [-0.3, -0.25) is 4.79 Å². The zero-order chi connectivity index (χ0) is 20.5. The molecule has 30 heavy (non-hydrogen) atoms. The van der Waals surface area contributed by atoms with Crippen molar-refractivity contribution in [1.29, 1.82) is 0 Å². The van der Waals surface area contributed by atoms with E-state index in [-0.39, 0.29) is 5.91 Å². The Morgan fingerprint density at radius 3 is 2.60 bits per heavy atom.